The van der Waals surface area contributed by atoms with Crippen LogP contribution >= 0.6 is 11.6 Å². The first kappa shape index (κ1) is 33.1. The molecule has 2 amide bonds. The number of amidine groups is 1. The van der Waals surface area contributed by atoms with Crippen LogP contribution < -0.4 is 4.72 Å². The van der Waals surface area contributed by atoms with Crippen molar-refractivity contribution in [3.63, 3.8) is 0 Å². The van der Waals surface area contributed by atoms with E-state index in [9.17, 15) is 18.0 Å². The second-order valence-corrected chi connectivity index (χ2v) is 15.4. The second-order valence-electron chi connectivity index (χ2n) is 13.4. The second kappa shape index (κ2) is 13.0. The largest absolute Gasteiger partial charge is 0.338 e. The van der Waals surface area contributed by atoms with Crippen LogP contribution in [-0.4, -0.2) is 57.9 Å². The maximum Gasteiger partial charge on any atom is 0.263 e. The minimum absolute atomic E-state index is 0.0377. The van der Waals surface area contributed by atoms with Crippen molar-refractivity contribution in [2.45, 2.75) is 95.7 Å². The average molecular weight is 677 g/mol. The van der Waals surface area contributed by atoms with Crippen molar-refractivity contribution in [2.24, 2.45) is 10.4 Å². The molecule has 1 aromatic heterocycles. The number of amides is 2. The zero-order valence-electron chi connectivity index (χ0n) is 27.1. The first-order valence-electron chi connectivity index (χ1n) is 16.3. The normalized spacial score (nSPS) is 18.8. The molecular weight excluding hydrogens is 636 g/mol. The molecule has 6 rings (SSSR count). The molecule has 1 spiro atoms. The lowest BCUT2D eigenvalue weighted by atomic mass is 9.92. The predicted octanol–water partition coefficient (Wildman–Crippen LogP) is 6.60. The average Bonchev–Trinajstić information content (AvgIpc) is 3.70. The summed E-state index contributed by atoms with van der Waals surface area (Å²) >= 11 is 6.13. The zero-order chi connectivity index (χ0) is 33.4. The molecule has 1 N–H and O–H groups in total. The maximum absolute atomic E-state index is 13.9. The summed E-state index contributed by atoms with van der Waals surface area (Å²) in [6.07, 6.45) is 9.76. The van der Waals surface area contributed by atoms with Crippen molar-refractivity contribution in [3.05, 3.63) is 71.1 Å². The SMILES string of the molecule is CCCCC1=NC2(CCCC2)C(=O)N1Cc1ccc(-c2ccccc2S(=O)(=O)Nc2nccnc2Cl)c(CN2CCC(C)(C)C2=O)c1. The van der Waals surface area contributed by atoms with Gasteiger partial charge in [-0.2, -0.15) is 0 Å². The Hall–Kier alpha value is -3.83. The van der Waals surface area contributed by atoms with Crippen molar-refractivity contribution < 1.29 is 18.0 Å². The number of anilines is 1. The lowest BCUT2D eigenvalue weighted by Gasteiger charge is -2.25. The minimum Gasteiger partial charge on any atom is -0.338 e. The molecule has 3 aliphatic rings. The van der Waals surface area contributed by atoms with Gasteiger partial charge in [-0.1, -0.05) is 88.0 Å². The number of nitrogens with zero attached hydrogens (tertiary/aromatic N) is 5. The summed E-state index contributed by atoms with van der Waals surface area (Å²) in [7, 11) is -4.14. The fourth-order valence-electron chi connectivity index (χ4n) is 6.92. The van der Waals surface area contributed by atoms with Crippen molar-refractivity contribution >= 4 is 45.1 Å². The Morgan fingerprint density at radius 3 is 2.38 bits per heavy atom. The Morgan fingerprint density at radius 2 is 1.68 bits per heavy atom. The fourth-order valence-corrected chi connectivity index (χ4v) is 8.37. The number of unbranched alkanes of at least 4 members (excludes halogenated alkanes) is 1. The standard InChI is InChI=1S/C35H41ClN6O4S/c1-4-5-12-29-39-35(15-8-9-16-35)33(44)42(29)22-24-13-14-26(25(21-24)23-41-20-17-34(2,3)32(41)43)27-10-6-7-11-28(27)47(45,46)40-31-30(36)37-18-19-38-31/h6-7,10-11,13-14,18-19,21H,4-5,8-9,12,15-17,20,22-23H2,1-3H3,(H,38,40). The van der Waals surface area contributed by atoms with Crippen molar-refractivity contribution in [2.75, 3.05) is 11.3 Å². The Morgan fingerprint density at radius 1 is 0.936 bits per heavy atom. The van der Waals surface area contributed by atoms with Crippen LogP contribution in [0, 0.1) is 5.41 Å². The van der Waals surface area contributed by atoms with E-state index in [0.717, 1.165) is 68.3 Å². The highest BCUT2D eigenvalue weighted by Gasteiger charge is 2.49. The molecule has 10 nitrogen and oxygen atoms in total. The lowest BCUT2D eigenvalue weighted by Crippen LogP contribution is -2.40. The van der Waals surface area contributed by atoms with E-state index in [0.29, 0.717) is 30.8 Å². The van der Waals surface area contributed by atoms with E-state index >= 15 is 0 Å². The third-order valence-corrected chi connectivity index (χ3v) is 11.3. The molecule has 248 valence electrons. The van der Waals surface area contributed by atoms with Gasteiger partial charge in [0.05, 0.1) is 11.4 Å². The number of hydrogen-bond acceptors (Lipinski definition) is 7. The van der Waals surface area contributed by atoms with E-state index < -0.39 is 21.0 Å². The summed E-state index contributed by atoms with van der Waals surface area (Å²) < 4.78 is 30.0. The zero-order valence-corrected chi connectivity index (χ0v) is 28.7. The highest BCUT2D eigenvalue weighted by molar-refractivity contribution is 7.92. The molecule has 1 saturated carbocycles. The van der Waals surface area contributed by atoms with Gasteiger partial charge in [-0.25, -0.2) is 18.4 Å². The summed E-state index contributed by atoms with van der Waals surface area (Å²) in [6.45, 7) is 7.30. The molecule has 3 aromatic rings. The Kier molecular flexibility index (Phi) is 9.15. The van der Waals surface area contributed by atoms with Gasteiger partial charge in [-0.3, -0.25) is 24.2 Å². The van der Waals surface area contributed by atoms with Gasteiger partial charge in [0, 0.05) is 42.9 Å². The van der Waals surface area contributed by atoms with Gasteiger partial charge in [0.25, 0.3) is 15.9 Å². The molecule has 0 radical (unpaired) electrons. The highest BCUT2D eigenvalue weighted by atomic mass is 35.5. The molecule has 2 aliphatic heterocycles. The monoisotopic (exact) mass is 676 g/mol. The summed E-state index contributed by atoms with van der Waals surface area (Å²) in [6, 6.07) is 12.6. The van der Waals surface area contributed by atoms with Crippen molar-refractivity contribution in [3.8, 4) is 11.1 Å². The molecule has 1 saturated heterocycles. The van der Waals surface area contributed by atoms with Gasteiger partial charge >= 0.3 is 0 Å². The van der Waals surface area contributed by atoms with Gasteiger partial charge in [0.1, 0.15) is 11.4 Å². The quantitative estimate of drug-likeness (QED) is 0.244. The summed E-state index contributed by atoms with van der Waals surface area (Å²) in [5.74, 6) is 0.917. The molecular formula is C35H41ClN6O4S. The maximum atomic E-state index is 13.9. The number of likely N-dealkylation sites (tertiary alicyclic amines) is 1. The van der Waals surface area contributed by atoms with E-state index in [1.54, 1.807) is 18.2 Å². The molecule has 3 heterocycles. The van der Waals surface area contributed by atoms with E-state index in [-0.39, 0.29) is 27.7 Å². The molecule has 47 heavy (non-hydrogen) atoms. The number of halogens is 1. The Labute approximate surface area is 281 Å². The molecule has 2 aromatic carbocycles. The van der Waals surface area contributed by atoms with Gasteiger partial charge in [-0.05, 0) is 48.4 Å². The van der Waals surface area contributed by atoms with Crippen molar-refractivity contribution in [1.82, 2.24) is 19.8 Å². The molecule has 0 atom stereocenters. The molecule has 0 unspecified atom stereocenters. The number of carbonyl (C=O) groups excluding carboxylic acids is 2. The van der Waals surface area contributed by atoms with Crippen LogP contribution in [0.4, 0.5) is 5.82 Å². The number of aromatic nitrogens is 2. The smallest absolute Gasteiger partial charge is 0.263 e. The lowest BCUT2D eigenvalue weighted by molar-refractivity contribution is -0.135. The van der Waals surface area contributed by atoms with Crippen LogP contribution in [0.2, 0.25) is 5.15 Å². The Balaban J connectivity index is 1.39. The molecule has 2 fully saturated rings. The number of carbonyl (C=O) groups is 2. The van der Waals surface area contributed by atoms with E-state index in [4.69, 9.17) is 16.6 Å². The van der Waals surface area contributed by atoms with Crippen LogP contribution in [0.5, 0.6) is 0 Å². The molecule has 12 heteroatoms. The van der Waals surface area contributed by atoms with Gasteiger partial charge in [0.15, 0.2) is 11.0 Å². The highest BCUT2D eigenvalue weighted by Crippen LogP contribution is 2.41. The fraction of sp³-hybridized carbons (Fsp3) is 0.457. The first-order chi connectivity index (χ1) is 22.4. The number of nitrogens with one attached hydrogen (secondary N) is 1. The number of aliphatic imine (C=N–C) groups is 1. The topological polar surface area (TPSA) is 125 Å². The summed E-state index contributed by atoms with van der Waals surface area (Å²) in [4.78, 5) is 44.0. The van der Waals surface area contributed by atoms with E-state index in [2.05, 4.69) is 21.6 Å². The number of rotatable bonds is 11. The van der Waals surface area contributed by atoms with Crippen LogP contribution in [-0.2, 0) is 32.7 Å². The van der Waals surface area contributed by atoms with Gasteiger partial charge in [0.2, 0.25) is 5.91 Å². The number of sulfonamides is 1. The first-order valence-corrected chi connectivity index (χ1v) is 18.2. The van der Waals surface area contributed by atoms with Crippen LogP contribution in [0.25, 0.3) is 11.1 Å². The minimum atomic E-state index is -4.14. The van der Waals surface area contributed by atoms with E-state index in [1.807, 2.05) is 41.8 Å². The van der Waals surface area contributed by atoms with Crippen LogP contribution in [0.3, 0.4) is 0 Å². The number of hydrogen-bond donors (Lipinski definition) is 1. The Bertz CT molecular complexity index is 1840. The summed E-state index contributed by atoms with van der Waals surface area (Å²) in [5.41, 5.74) is 1.74. The molecule has 0 bridgehead atoms. The van der Waals surface area contributed by atoms with Crippen molar-refractivity contribution in [1.29, 1.82) is 0 Å². The third kappa shape index (κ3) is 6.52. The molecule has 1 aliphatic carbocycles. The van der Waals surface area contributed by atoms with Crippen LogP contribution in [0.15, 0.2) is 64.7 Å². The van der Waals surface area contributed by atoms with Gasteiger partial charge < -0.3 is 4.90 Å². The van der Waals surface area contributed by atoms with Crippen LogP contribution in [0.1, 0.15) is 83.3 Å². The predicted molar refractivity (Wildman–Crippen MR) is 182 cm³/mol. The van der Waals surface area contributed by atoms with Gasteiger partial charge in [-0.15, -0.1) is 0 Å². The van der Waals surface area contributed by atoms with E-state index in [1.165, 1.54) is 18.5 Å². The number of benzene rings is 2. The summed E-state index contributed by atoms with van der Waals surface area (Å²) in [5, 5.41) is -0.0635. The third-order valence-electron chi connectivity index (χ3n) is 9.58.